The van der Waals surface area contributed by atoms with Gasteiger partial charge in [-0.2, -0.15) is 0 Å². The van der Waals surface area contributed by atoms with Gasteiger partial charge in [0, 0.05) is 18.6 Å². The number of hydrogen-bond acceptors (Lipinski definition) is 3. The molecule has 2 amide bonds. The number of aromatic nitrogens is 1. The Labute approximate surface area is 160 Å². The molecule has 0 saturated carbocycles. The van der Waals surface area contributed by atoms with Gasteiger partial charge in [0.2, 0.25) is 5.91 Å². The third kappa shape index (κ3) is 3.79. The summed E-state index contributed by atoms with van der Waals surface area (Å²) in [7, 11) is 1.56. The highest BCUT2D eigenvalue weighted by atomic mass is 35.5. The molecule has 0 fully saturated rings. The van der Waals surface area contributed by atoms with Gasteiger partial charge in [-0.25, -0.2) is 0 Å². The highest BCUT2D eigenvalue weighted by Crippen LogP contribution is 2.29. The van der Waals surface area contributed by atoms with E-state index in [0.29, 0.717) is 21.3 Å². The molecule has 1 aromatic heterocycles. The zero-order valence-electron chi connectivity index (χ0n) is 13.9. The van der Waals surface area contributed by atoms with Crippen molar-refractivity contribution in [2.24, 2.45) is 0 Å². The number of fused-ring (bicyclic) bond motifs is 1. The molecule has 0 saturated heterocycles. The quantitative estimate of drug-likeness (QED) is 0.727. The lowest BCUT2D eigenvalue weighted by molar-refractivity contribution is -0.116. The largest absolute Gasteiger partial charge is 0.332 e. The topological polar surface area (TPSA) is 62.3 Å². The Kier molecular flexibility index (Phi) is 5.40. The third-order valence-corrected chi connectivity index (χ3v) is 4.46. The molecule has 0 spiro atoms. The number of carbonyl (C=O) groups is 2. The number of anilines is 1. The molecule has 2 aromatic carbocycles. The summed E-state index contributed by atoms with van der Waals surface area (Å²) in [5, 5.41) is 4.05. The summed E-state index contributed by atoms with van der Waals surface area (Å²) in [6, 6.07) is 13.9. The Bertz CT molecular complexity index is 966. The molecule has 0 bridgehead atoms. The van der Waals surface area contributed by atoms with Crippen molar-refractivity contribution in [1.29, 1.82) is 0 Å². The number of likely N-dealkylation sites (N-methyl/N-ethyl adjacent to an activating group) is 1. The van der Waals surface area contributed by atoms with Crippen LogP contribution in [-0.2, 0) is 4.79 Å². The van der Waals surface area contributed by atoms with E-state index in [1.165, 1.54) is 4.90 Å². The lowest BCUT2D eigenvalue weighted by Crippen LogP contribution is -2.35. The van der Waals surface area contributed by atoms with E-state index in [1.807, 2.05) is 24.3 Å². The van der Waals surface area contributed by atoms with Gasteiger partial charge in [-0.3, -0.25) is 14.6 Å². The molecular formula is C19H15Cl2N3O2. The molecule has 0 aliphatic heterocycles. The van der Waals surface area contributed by atoms with Gasteiger partial charge in [0.25, 0.3) is 5.91 Å². The van der Waals surface area contributed by atoms with Crippen LogP contribution in [0.25, 0.3) is 10.9 Å². The SMILES string of the molecule is CN(CC(=O)Nc1c(Cl)cccc1Cl)C(=O)c1ccnc2ccccc12. The number of para-hydroxylation sites is 2. The number of amides is 2. The number of carbonyl (C=O) groups excluding carboxylic acids is 2. The first-order chi connectivity index (χ1) is 12.5. The van der Waals surface area contributed by atoms with Gasteiger partial charge in [-0.15, -0.1) is 0 Å². The monoisotopic (exact) mass is 387 g/mol. The van der Waals surface area contributed by atoms with Crippen molar-refractivity contribution in [3.63, 3.8) is 0 Å². The second kappa shape index (κ2) is 7.72. The fourth-order valence-corrected chi connectivity index (χ4v) is 3.06. The molecule has 1 heterocycles. The van der Waals surface area contributed by atoms with Crippen LogP contribution in [-0.4, -0.2) is 35.3 Å². The summed E-state index contributed by atoms with van der Waals surface area (Å²) in [6.07, 6.45) is 1.58. The predicted octanol–water partition coefficient (Wildman–Crippen LogP) is 4.25. The second-order valence-electron chi connectivity index (χ2n) is 5.68. The molecule has 26 heavy (non-hydrogen) atoms. The molecule has 0 aliphatic carbocycles. The Morgan fingerprint density at radius 3 is 2.46 bits per heavy atom. The summed E-state index contributed by atoms with van der Waals surface area (Å²) >= 11 is 12.1. The van der Waals surface area contributed by atoms with Gasteiger partial charge < -0.3 is 10.2 Å². The van der Waals surface area contributed by atoms with Crippen molar-refractivity contribution >= 4 is 51.6 Å². The average Bonchev–Trinajstić information content (AvgIpc) is 2.63. The van der Waals surface area contributed by atoms with E-state index in [-0.39, 0.29) is 12.5 Å². The summed E-state index contributed by atoms with van der Waals surface area (Å²) in [5.41, 5.74) is 1.54. The standard InChI is InChI=1S/C19H15Cl2N3O2/c1-24(11-17(25)23-18-14(20)6-4-7-15(18)21)19(26)13-9-10-22-16-8-3-2-5-12(13)16/h2-10H,11H2,1H3,(H,23,25). The Balaban J connectivity index is 1.76. The summed E-state index contributed by atoms with van der Waals surface area (Å²) < 4.78 is 0. The fraction of sp³-hybridized carbons (Fsp3) is 0.105. The first-order valence-electron chi connectivity index (χ1n) is 7.80. The van der Waals surface area contributed by atoms with Gasteiger partial charge in [-0.1, -0.05) is 47.5 Å². The van der Waals surface area contributed by atoms with Crippen LogP contribution in [0.1, 0.15) is 10.4 Å². The van der Waals surface area contributed by atoms with E-state index in [1.54, 1.807) is 37.5 Å². The number of rotatable bonds is 4. The van der Waals surface area contributed by atoms with Crippen LogP contribution in [0, 0.1) is 0 Å². The van der Waals surface area contributed by atoms with Crippen LogP contribution in [0.15, 0.2) is 54.7 Å². The maximum Gasteiger partial charge on any atom is 0.254 e. The molecule has 132 valence electrons. The minimum absolute atomic E-state index is 0.142. The number of benzene rings is 2. The van der Waals surface area contributed by atoms with Crippen molar-refractivity contribution in [3.05, 3.63) is 70.3 Å². The van der Waals surface area contributed by atoms with Crippen LogP contribution >= 0.6 is 23.2 Å². The number of pyridine rings is 1. The average molecular weight is 388 g/mol. The van der Waals surface area contributed by atoms with Crippen LogP contribution in [0.3, 0.4) is 0 Å². The minimum atomic E-state index is -0.394. The van der Waals surface area contributed by atoms with Crippen molar-refractivity contribution < 1.29 is 9.59 Å². The maximum absolute atomic E-state index is 12.7. The Morgan fingerprint density at radius 1 is 1.04 bits per heavy atom. The summed E-state index contributed by atoms with van der Waals surface area (Å²) in [4.78, 5) is 30.6. The van der Waals surface area contributed by atoms with Crippen molar-refractivity contribution in [2.75, 3.05) is 18.9 Å². The number of nitrogens with one attached hydrogen (secondary N) is 1. The van der Waals surface area contributed by atoms with Gasteiger partial charge in [0.1, 0.15) is 0 Å². The van der Waals surface area contributed by atoms with Gasteiger partial charge in [0.15, 0.2) is 0 Å². The first-order valence-corrected chi connectivity index (χ1v) is 8.56. The molecule has 1 N–H and O–H groups in total. The third-order valence-electron chi connectivity index (χ3n) is 3.83. The highest BCUT2D eigenvalue weighted by Gasteiger charge is 2.18. The fourth-order valence-electron chi connectivity index (χ4n) is 2.57. The van der Waals surface area contributed by atoms with Crippen molar-refractivity contribution in [2.45, 2.75) is 0 Å². The normalized spacial score (nSPS) is 10.6. The Morgan fingerprint density at radius 2 is 1.73 bits per heavy atom. The van der Waals surface area contributed by atoms with Crippen LogP contribution in [0.4, 0.5) is 5.69 Å². The molecule has 3 aromatic rings. The van der Waals surface area contributed by atoms with Crippen molar-refractivity contribution in [1.82, 2.24) is 9.88 Å². The van der Waals surface area contributed by atoms with Crippen LogP contribution < -0.4 is 5.32 Å². The van der Waals surface area contributed by atoms with E-state index < -0.39 is 5.91 Å². The molecule has 0 unspecified atom stereocenters. The smallest absolute Gasteiger partial charge is 0.254 e. The molecule has 0 radical (unpaired) electrons. The highest BCUT2D eigenvalue weighted by molar-refractivity contribution is 6.39. The number of hydrogen-bond donors (Lipinski definition) is 1. The van der Waals surface area contributed by atoms with Gasteiger partial charge in [-0.05, 0) is 24.3 Å². The Hall–Kier alpha value is -2.63. The zero-order chi connectivity index (χ0) is 18.7. The molecule has 5 nitrogen and oxygen atoms in total. The van der Waals surface area contributed by atoms with E-state index in [0.717, 1.165) is 10.9 Å². The lowest BCUT2D eigenvalue weighted by Gasteiger charge is -2.18. The molecule has 7 heteroatoms. The maximum atomic E-state index is 12.7. The molecule has 0 aliphatic rings. The summed E-state index contributed by atoms with van der Waals surface area (Å²) in [6.45, 7) is -0.142. The van der Waals surface area contributed by atoms with E-state index in [2.05, 4.69) is 10.3 Å². The predicted molar refractivity (Wildman–Crippen MR) is 104 cm³/mol. The van der Waals surface area contributed by atoms with Crippen molar-refractivity contribution in [3.8, 4) is 0 Å². The van der Waals surface area contributed by atoms with Crippen LogP contribution in [0.2, 0.25) is 10.0 Å². The van der Waals surface area contributed by atoms with E-state index in [9.17, 15) is 9.59 Å². The van der Waals surface area contributed by atoms with E-state index in [4.69, 9.17) is 23.2 Å². The zero-order valence-corrected chi connectivity index (χ0v) is 15.4. The first kappa shape index (κ1) is 18.2. The molecule has 0 atom stereocenters. The second-order valence-corrected chi connectivity index (χ2v) is 6.50. The number of halogens is 2. The van der Waals surface area contributed by atoms with Gasteiger partial charge >= 0.3 is 0 Å². The molecule has 3 rings (SSSR count). The minimum Gasteiger partial charge on any atom is -0.332 e. The molecular weight excluding hydrogens is 373 g/mol. The van der Waals surface area contributed by atoms with E-state index >= 15 is 0 Å². The number of nitrogens with zero attached hydrogens (tertiary/aromatic N) is 2. The summed E-state index contributed by atoms with van der Waals surface area (Å²) in [5.74, 6) is -0.668. The van der Waals surface area contributed by atoms with Crippen LogP contribution in [0.5, 0.6) is 0 Å². The lowest BCUT2D eigenvalue weighted by atomic mass is 10.1. The van der Waals surface area contributed by atoms with Gasteiger partial charge in [0.05, 0.1) is 33.4 Å².